The van der Waals surface area contributed by atoms with Crippen molar-refractivity contribution in [3.05, 3.63) is 23.7 Å². The summed E-state index contributed by atoms with van der Waals surface area (Å²) in [5.41, 5.74) is -0.493. The minimum atomic E-state index is -0.949. The van der Waals surface area contributed by atoms with E-state index in [1.54, 1.807) is 7.11 Å². The monoisotopic (exact) mass is 240 g/mol. The SMILES string of the molecule is COCc1ccc(C2(C(OC)C(=O)O)CC2)o1. The predicted octanol–water partition coefficient (Wildman–Crippen LogP) is 1.56. The number of carboxylic acid groups (broad SMARTS) is 1. The van der Waals surface area contributed by atoms with Gasteiger partial charge in [0.1, 0.15) is 18.1 Å². The van der Waals surface area contributed by atoms with Crippen molar-refractivity contribution in [3.8, 4) is 0 Å². The first kappa shape index (κ1) is 12.1. The average molecular weight is 240 g/mol. The van der Waals surface area contributed by atoms with Crippen LogP contribution < -0.4 is 0 Å². The maximum atomic E-state index is 11.1. The smallest absolute Gasteiger partial charge is 0.333 e. The highest BCUT2D eigenvalue weighted by atomic mass is 16.5. The first-order valence-electron chi connectivity index (χ1n) is 5.48. The molecule has 0 saturated heterocycles. The lowest BCUT2D eigenvalue weighted by Gasteiger charge is -2.19. The summed E-state index contributed by atoms with van der Waals surface area (Å²) in [6.45, 7) is 0.390. The maximum absolute atomic E-state index is 11.1. The fourth-order valence-corrected chi connectivity index (χ4v) is 2.20. The van der Waals surface area contributed by atoms with E-state index in [1.165, 1.54) is 7.11 Å². The molecule has 94 valence electrons. The molecule has 1 heterocycles. The number of methoxy groups -OCH3 is 2. The van der Waals surface area contributed by atoms with Gasteiger partial charge < -0.3 is 19.0 Å². The highest BCUT2D eigenvalue weighted by Crippen LogP contribution is 2.52. The van der Waals surface area contributed by atoms with Crippen molar-refractivity contribution in [3.63, 3.8) is 0 Å². The molecule has 0 bridgehead atoms. The van der Waals surface area contributed by atoms with Gasteiger partial charge in [0.25, 0.3) is 0 Å². The minimum absolute atomic E-state index is 0.390. The second-order valence-electron chi connectivity index (χ2n) is 4.31. The van der Waals surface area contributed by atoms with Gasteiger partial charge in [-0.25, -0.2) is 4.79 Å². The number of furan rings is 1. The number of hydrogen-bond donors (Lipinski definition) is 1. The Balaban J connectivity index is 2.22. The molecule has 1 unspecified atom stereocenters. The summed E-state index contributed by atoms with van der Waals surface area (Å²) in [6.07, 6.45) is 0.708. The van der Waals surface area contributed by atoms with Gasteiger partial charge in [-0.1, -0.05) is 0 Å². The summed E-state index contributed by atoms with van der Waals surface area (Å²) >= 11 is 0. The Hall–Kier alpha value is -1.33. The largest absolute Gasteiger partial charge is 0.479 e. The van der Waals surface area contributed by atoms with Crippen molar-refractivity contribution in [2.45, 2.75) is 31.0 Å². The quantitative estimate of drug-likeness (QED) is 0.817. The van der Waals surface area contributed by atoms with Crippen molar-refractivity contribution in [2.24, 2.45) is 0 Å². The van der Waals surface area contributed by atoms with Crippen molar-refractivity contribution >= 4 is 5.97 Å². The third kappa shape index (κ3) is 2.08. The molecular weight excluding hydrogens is 224 g/mol. The van der Waals surface area contributed by atoms with Gasteiger partial charge in [-0.15, -0.1) is 0 Å². The second-order valence-corrected chi connectivity index (χ2v) is 4.31. The Kier molecular flexibility index (Phi) is 3.22. The minimum Gasteiger partial charge on any atom is -0.479 e. The molecule has 0 radical (unpaired) electrons. The molecular formula is C12H16O5. The second kappa shape index (κ2) is 4.50. The van der Waals surface area contributed by atoms with Gasteiger partial charge in [0, 0.05) is 14.2 Å². The fraction of sp³-hybridized carbons (Fsp3) is 0.583. The van der Waals surface area contributed by atoms with Crippen molar-refractivity contribution in [1.82, 2.24) is 0 Å². The molecule has 5 heteroatoms. The highest BCUT2D eigenvalue weighted by molar-refractivity contribution is 5.75. The summed E-state index contributed by atoms with van der Waals surface area (Å²) in [7, 11) is 3.00. The summed E-state index contributed by atoms with van der Waals surface area (Å²) < 4.78 is 15.7. The highest BCUT2D eigenvalue weighted by Gasteiger charge is 2.57. The molecule has 2 rings (SSSR count). The van der Waals surface area contributed by atoms with E-state index in [0.29, 0.717) is 18.1 Å². The van der Waals surface area contributed by atoms with Gasteiger partial charge in [-0.05, 0) is 25.0 Å². The third-order valence-corrected chi connectivity index (χ3v) is 3.19. The van der Waals surface area contributed by atoms with Crippen LogP contribution in [0.2, 0.25) is 0 Å². The van der Waals surface area contributed by atoms with Gasteiger partial charge in [0.15, 0.2) is 6.10 Å². The van der Waals surface area contributed by atoms with E-state index >= 15 is 0 Å². The van der Waals surface area contributed by atoms with E-state index < -0.39 is 17.5 Å². The van der Waals surface area contributed by atoms with Crippen LogP contribution in [0.15, 0.2) is 16.5 Å². The van der Waals surface area contributed by atoms with E-state index in [2.05, 4.69) is 0 Å². The lowest BCUT2D eigenvalue weighted by atomic mass is 9.96. The Morgan fingerprint density at radius 2 is 2.24 bits per heavy atom. The molecule has 1 saturated carbocycles. The molecule has 17 heavy (non-hydrogen) atoms. The van der Waals surface area contributed by atoms with Crippen LogP contribution in [0.4, 0.5) is 0 Å². The first-order valence-corrected chi connectivity index (χ1v) is 5.48. The van der Waals surface area contributed by atoms with Crippen LogP contribution in [-0.4, -0.2) is 31.4 Å². The van der Waals surface area contributed by atoms with Gasteiger partial charge in [-0.2, -0.15) is 0 Å². The van der Waals surface area contributed by atoms with Crippen LogP contribution >= 0.6 is 0 Å². The third-order valence-electron chi connectivity index (χ3n) is 3.19. The van der Waals surface area contributed by atoms with Gasteiger partial charge in [-0.3, -0.25) is 0 Å². The van der Waals surface area contributed by atoms with Crippen molar-refractivity contribution in [2.75, 3.05) is 14.2 Å². The van der Waals surface area contributed by atoms with Crippen LogP contribution in [0.3, 0.4) is 0 Å². The zero-order valence-electron chi connectivity index (χ0n) is 9.93. The standard InChI is InChI=1S/C12H16O5/c1-15-7-8-3-4-9(17-8)12(5-6-12)10(16-2)11(13)14/h3-4,10H,5-7H2,1-2H3,(H,13,14). The number of carbonyl (C=O) groups is 1. The fourth-order valence-electron chi connectivity index (χ4n) is 2.20. The molecule has 0 amide bonds. The van der Waals surface area contributed by atoms with Gasteiger partial charge >= 0.3 is 5.97 Å². The van der Waals surface area contributed by atoms with Crippen LogP contribution in [0.25, 0.3) is 0 Å². The molecule has 0 aromatic carbocycles. The average Bonchev–Trinajstić information content (AvgIpc) is 2.92. The molecule has 1 N–H and O–H groups in total. The van der Waals surface area contributed by atoms with Gasteiger partial charge in [0.2, 0.25) is 0 Å². The lowest BCUT2D eigenvalue weighted by Crippen LogP contribution is -2.35. The van der Waals surface area contributed by atoms with Crippen molar-refractivity contribution < 1.29 is 23.8 Å². The number of rotatable bonds is 6. The Labute approximate surface area is 99.3 Å². The van der Waals surface area contributed by atoms with Crippen LogP contribution in [-0.2, 0) is 26.3 Å². The molecule has 5 nitrogen and oxygen atoms in total. The van der Waals surface area contributed by atoms with Crippen molar-refractivity contribution in [1.29, 1.82) is 0 Å². The molecule has 1 aromatic rings. The summed E-state index contributed by atoms with van der Waals surface area (Å²) in [6, 6.07) is 3.63. The molecule has 0 spiro atoms. The van der Waals surface area contributed by atoms with Gasteiger partial charge in [0.05, 0.1) is 5.41 Å². The molecule has 1 fully saturated rings. The number of aliphatic carboxylic acids is 1. The number of carboxylic acids is 1. The van der Waals surface area contributed by atoms with Crippen LogP contribution in [0.5, 0.6) is 0 Å². The Bertz CT molecular complexity index is 405. The first-order chi connectivity index (χ1) is 8.14. The zero-order valence-corrected chi connectivity index (χ0v) is 9.93. The van der Waals surface area contributed by atoms with Crippen LogP contribution in [0, 0.1) is 0 Å². The number of hydrogen-bond acceptors (Lipinski definition) is 4. The van der Waals surface area contributed by atoms with E-state index in [-0.39, 0.29) is 0 Å². The molecule has 1 aromatic heterocycles. The normalized spacial score (nSPS) is 18.9. The van der Waals surface area contributed by atoms with E-state index in [0.717, 1.165) is 12.8 Å². The lowest BCUT2D eigenvalue weighted by molar-refractivity contribution is -0.151. The predicted molar refractivity (Wildman–Crippen MR) is 58.8 cm³/mol. The summed E-state index contributed by atoms with van der Waals surface area (Å²) in [4.78, 5) is 11.1. The topological polar surface area (TPSA) is 68.9 Å². The number of ether oxygens (including phenoxy) is 2. The van der Waals surface area contributed by atoms with E-state index in [9.17, 15) is 4.79 Å². The molecule has 1 aliphatic carbocycles. The molecule has 0 aliphatic heterocycles. The zero-order chi connectivity index (χ0) is 12.5. The molecule has 1 aliphatic rings. The Morgan fingerprint density at radius 3 is 2.71 bits per heavy atom. The summed E-state index contributed by atoms with van der Waals surface area (Å²) in [5.74, 6) is 0.433. The van der Waals surface area contributed by atoms with E-state index in [1.807, 2.05) is 12.1 Å². The maximum Gasteiger partial charge on any atom is 0.333 e. The Morgan fingerprint density at radius 1 is 1.53 bits per heavy atom. The summed E-state index contributed by atoms with van der Waals surface area (Å²) in [5, 5.41) is 9.13. The molecule has 1 atom stereocenters. The van der Waals surface area contributed by atoms with Crippen LogP contribution in [0.1, 0.15) is 24.4 Å². The van der Waals surface area contributed by atoms with E-state index in [4.69, 9.17) is 19.0 Å².